The number of rotatable bonds is 8. The third-order valence-electron chi connectivity index (χ3n) is 2.02. The van der Waals surface area contributed by atoms with Crippen LogP contribution in [0.4, 0.5) is 0 Å². The van der Waals surface area contributed by atoms with E-state index in [0.29, 0.717) is 0 Å². The van der Waals surface area contributed by atoms with Gasteiger partial charge in [0.25, 0.3) is 0 Å². The molecule has 0 aliphatic heterocycles. The molecule has 0 N–H and O–H groups in total. The maximum atomic E-state index is 2.28. The molecule has 0 bridgehead atoms. The molecule has 12 heavy (non-hydrogen) atoms. The summed E-state index contributed by atoms with van der Waals surface area (Å²) in [6.45, 7) is 4.57. The fourth-order valence-corrected chi connectivity index (χ4v) is 2.67. The summed E-state index contributed by atoms with van der Waals surface area (Å²) in [6, 6.07) is 0. The zero-order valence-corrected chi connectivity index (χ0v) is 10.6. The Morgan fingerprint density at radius 2 is 1.17 bits per heavy atom. The molecule has 1 radical (unpaired) electrons. The van der Waals surface area contributed by atoms with Gasteiger partial charge in [-0.25, -0.2) is 0 Å². The van der Waals surface area contributed by atoms with Crippen LogP contribution in [0.1, 0.15) is 52.4 Å². The van der Waals surface area contributed by atoms with Gasteiger partial charge in [-0.15, -0.1) is 23.0 Å². The average molecular weight is 206 g/mol. The van der Waals surface area contributed by atoms with Crippen molar-refractivity contribution in [1.82, 2.24) is 0 Å². The average Bonchev–Trinajstić information content (AvgIpc) is 2.03. The van der Waals surface area contributed by atoms with Crippen molar-refractivity contribution in [2.24, 2.45) is 0 Å². The Morgan fingerprint density at radius 1 is 0.750 bits per heavy atom. The Labute approximate surface area is 90.6 Å². The molecule has 0 nitrogen and oxygen atoms in total. The highest BCUT2D eigenvalue weighted by molar-refractivity contribution is 6.35. The van der Waals surface area contributed by atoms with Crippen LogP contribution >= 0.6 is 12.4 Å². The van der Waals surface area contributed by atoms with Crippen molar-refractivity contribution in [3.63, 3.8) is 0 Å². The van der Waals surface area contributed by atoms with E-state index in [9.17, 15) is 0 Å². The van der Waals surface area contributed by atoms with Gasteiger partial charge < -0.3 is 0 Å². The largest absolute Gasteiger partial charge is 0.199 e. The first-order valence-electron chi connectivity index (χ1n) is 5.23. The van der Waals surface area contributed by atoms with Gasteiger partial charge in [0.05, 0.1) is 0 Å². The quantitative estimate of drug-likeness (QED) is 0.409. The molecular weight excluding hydrogens is 183 g/mol. The van der Waals surface area contributed by atoms with Crippen LogP contribution in [0.25, 0.3) is 0 Å². The molecule has 0 heterocycles. The molecule has 0 aliphatic rings. The minimum Gasteiger partial charge on any atom is -0.147 e. The van der Waals surface area contributed by atoms with E-state index in [1.807, 2.05) is 0 Å². The number of halogens is 1. The van der Waals surface area contributed by atoms with Crippen molar-refractivity contribution < 1.29 is 0 Å². The van der Waals surface area contributed by atoms with Crippen molar-refractivity contribution in [2.75, 3.05) is 0 Å². The van der Waals surface area contributed by atoms with Crippen molar-refractivity contribution in [1.29, 1.82) is 0 Å². The van der Waals surface area contributed by atoms with E-state index in [1.54, 1.807) is 10.6 Å². The van der Waals surface area contributed by atoms with Crippen LogP contribution in [-0.4, -0.2) is 15.2 Å². The van der Waals surface area contributed by atoms with Crippen LogP contribution in [0.5, 0.6) is 0 Å². The minimum atomic E-state index is 0. The van der Waals surface area contributed by atoms with Crippen molar-refractivity contribution in [2.45, 2.75) is 62.9 Å². The van der Waals surface area contributed by atoms with Gasteiger partial charge >= 0.3 is 0 Å². The summed E-state index contributed by atoms with van der Waals surface area (Å²) in [5.41, 5.74) is 0. The van der Waals surface area contributed by atoms with E-state index >= 15 is 0 Å². The highest BCUT2D eigenvalue weighted by Crippen LogP contribution is 2.04. The molecule has 0 saturated carbocycles. The summed E-state index contributed by atoms with van der Waals surface area (Å²) >= 11 is 0.811. The maximum Gasteiger partial charge on any atom is 0.199 e. The van der Waals surface area contributed by atoms with E-state index in [2.05, 4.69) is 13.8 Å². The van der Waals surface area contributed by atoms with E-state index in [0.717, 1.165) is 15.2 Å². The summed E-state index contributed by atoms with van der Waals surface area (Å²) < 4.78 is 0. The second-order valence-electron chi connectivity index (χ2n) is 3.28. The molecular formula is C10H23AlCl. The lowest BCUT2D eigenvalue weighted by molar-refractivity contribution is 0.752. The van der Waals surface area contributed by atoms with Gasteiger partial charge in [0.15, 0.2) is 15.2 Å². The Kier molecular flexibility index (Phi) is 18.3. The van der Waals surface area contributed by atoms with Gasteiger partial charge in [-0.05, 0) is 0 Å². The number of hydrogen-bond donors (Lipinski definition) is 0. The van der Waals surface area contributed by atoms with Crippen LogP contribution in [0.15, 0.2) is 0 Å². The fraction of sp³-hybridized carbons (Fsp3) is 1.00. The third kappa shape index (κ3) is 13.4. The van der Waals surface area contributed by atoms with Crippen molar-refractivity contribution >= 4 is 27.6 Å². The first-order valence-corrected chi connectivity index (χ1v) is 6.86. The van der Waals surface area contributed by atoms with Crippen LogP contribution in [0.3, 0.4) is 0 Å². The molecule has 73 valence electrons. The summed E-state index contributed by atoms with van der Waals surface area (Å²) in [5, 5.41) is 3.11. The number of unbranched alkanes of at least 4 members (excludes halogenated alkanes) is 4. The molecule has 0 amide bonds. The van der Waals surface area contributed by atoms with E-state index in [4.69, 9.17) is 0 Å². The SMILES string of the molecule is CCCC[CH2][Al][CH2]CCCC.Cl. The Bertz CT molecular complexity index is 58.9. The fourth-order valence-electron chi connectivity index (χ4n) is 1.22. The van der Waals surface area contributed by atoms with Gasteiger partial charge in [-0.3, -0.25) is 0 Å². The van der Waals surface area contributed by atoms with E-state index < -0.39 is 0 Å². The van der Waals surface area contributed by atoms with Gasteiger partial charge in [0.2, 0.25) is 0 Å². The van der Waals surface area contributed by atoms with Gasteiger partial charge in [-0.1, -0.05) is 52.4 Å². The molecule has 2 heteroatoms. The normalized spacial score (nSPS) is 9.17. The zero-order valence-electron chi connectivity index (χ0n) is 8.64. The maximum absolute atomic E-state index is 2.28. The minimum absolute atomic E-state index is 0. The Hall–Kier alpha value is 0.822. The smallest absolute Gasteiger partial charge is 0.147 e. The molecule has 0 rings (SSSR count). The standard InChI is InChI=1S/2C5H11.Al.ClH/c2*1-3-5-4-2;;/h2*1,3-5H2,2H3;;1H. The predicted octanol–water partition coefficient (Wildman–Crippen LogP) is 4.33. The topological polar surface area (TPSA) is 0 Å². The monoisotopic (exact) mass is 205 g/mol. The lowest BCUT2D eigenvalue weighted by Gasteiger charge is -1.97. The molecule has 0 aromatic heterocycles. The summed E-state index contributed by atoms with van der Waals surface area (Å²) in [5.74, 6) is 0. The molecule has 0 saturated heterocycles. The molecule has 0 atom stereocenters. The van der Waals surface area contributed by atoms with Crippen LogP contribution in [0.2, 0.25) is 10.6 Å². The highest BCUT2D eigenvalue weighted by Gasteiger charge is 1.91. The van der Waals surface area contributed by atoms with Crippen molar-refractivity contribution in [3.8, 4) is 0 Å². The summed E-state index contributed by atoms with van der Waals surface area (Å²) in [7, 11) is 0. The van der Waals surface area contributed by atoms with Crippen LogP contribution in [-0.2, 0) is 0 Å². The van der Waals surface area contributed by atoms with Crippen molar-refractivity contribution in [3.05, 3.63) is 0 Å². The van der Waals surface area contributed by atoms with E-state index in [1.165, 1.54) is 38.5 Å². The lowest BCUT2D eigenvalue weighted by Crippen LogP contribution is -1.88. The van der Waals surface area contributed by atoms with E-state index in [-0.39, 0.29) is 12.4 Å². The van der Waals surface area contributed by atoms with Gasteiger partial charge in [0.1, 0.15) is 0 Å². The second kappa shape index (κ2) is 14.4. The van der Waals surface area contributed by atoms with Gasteiger partial charge in [0, 0.05) is 0 Å². The number of hydrogen-bond acceptors (Lipinski definition) is 0. The second-order valence-corrected chi connectivity index (χ2v) is 5.01. The van der Waals surface area contributed by atoms with Crippen LogP contribution < -0.4 is 0 Å². The highest BCUT2D eigenvalue weighted by atomic mass is 35.5. The third-order valence-corrected chi connectivity index (χ3v) is 3.66. The Balaban J connectivity index is 0. The molecule has 0 spiro atoms. The molecule has 0 fully saturated rings. The first kappa shape index (κ1) is 15.3. The summed E-state index contributed by atoms with van der Waals surface area (Å²) in [4.78, 5) is 0. The lowest BCUT2D eigenvalue weighted by atomic mass is 10.3. The van der Waals surface area contributed by atoms with Crippen LogP contribution in [0, 0.1) is 0 Å². The molecule has 0 unspecified atom stereocenters. The zero-order chi connectivity index (χ0) is 8.36. The molecule has 0 aromatic carbocycles. The Morgan fingerprint density at radius 3 is 1.50 bits per heavy atom. The molecule has 0 aromatic rings. The first-order chi connectivity index (χ1) is 5.41. The molecule has 0 aliphatic carbocycles. The summed E-state index contributed by atoms with van der Waals surface area (Å²) in [6.07, 6.45) is 8.68. The van der Waals surface area contributed by atoms with Gasteiger partial charge in [-0.2, -0.15) is 0 Å². The predicted molar refractivity (Wildman–Crippen MR) is 61.7 cm³/mol.